The third kappa shape index (κ3) is 6.32. The smallest absolute Gasteiger partial charge is 0.240 e. The number of hydrogen-bond acceptors (Lipinski definition) is 6. The second-order valence-corrected chi connectivity index (χ2v) is 9.05. The van der Waals surface area contributed by atoms with Gasteiger partial charge < -0.3 is 31.9 Å². The Morgan fingerprint density at radius 2 is 1.30 bits per heavy atom. The fraction of sp³-hybridized carbons (Fsp3) is 0.250. The number of aromatic amines is 2. The number of amides is 1. The first-order valence-electron chi connectivity index (χ1n) is 12.0. The first-order chi connectivity index (χ1) is 17.7. The summed E-state index contributed by atoms with van der Waals surface area (Å²) in [4.78, 5) is 27.2. The monoisotopic (exact) mass is 497 g/mol. The molecular formula is C28H31N7O2. The minimum absolute atomic E-state index is 0.141. The van der Waals surface area contributed by atoms with Crippen molar-refractivity contribution in [1.29, 1.82) is 0 Å². The zero-order valence-corrected chi connectivity index (χ0v) is 21.0. The Balaban J connectivity index is 1.39. The van der Waals surface area contributed by atoms with Crippen molar-refractivity contribution in [3.8, 4) is 34.4 Å². The second-order valence-electron chi connectivity index (χ2n) is 9.05. The Labute approximate surface area is 215 Å². The highest BCUT2D eigenvalue weighted by Gasteiger charge is 2.22. The Morgan fingerprint density at radius 1 is 0.838 bits per heavy atom. The van der Waals surface area contributed by atoms with Crippen LogP contribution in [0.15, 0.2) is 60.9 Å². The van der Waals surface area contributed by atoms with Gasteiger partial charge in [0.05, 0.1) is 42.0 Å². The molecule has 2 heterocycles. The van der Waals surface area contributed by atoms with Gasteiger partial charge in [-0.2, -0.15) is 0 Å². The molecule has 4 rings (SSSR count). The van der Waals surface area contributed by atoms with Crippen LogP contribution in [0.1, 0.15) is 55.6 Å². The van der Waals surface area contributed by atoms with E-state index in [1.165, 1.54) is 6.92 Å². The molecule has 0 aliphatic heterocycles. The molecule has 4 aromatic rings. The molecule has 0 saturated heterocycles. The van der Waals surface area contributed by atoms with E-state index in [4.69, 9.17) is 11.5 Å². The topological polar surface area (TPSA) is 159 Å². The summed E-state index contributed by atoms with van der Waals surface area (Å²) in [7, 11) is 0. The normalized spacial score (nSPS) is 14.2. The maximum Gasteiger partial charge on any atom is 0.240 e. The third-order valence-electron chi connectivity index (χ3n) is 5.96. The number of aliphatic hydroxyl groups is 1. The van der Waals surface area contributed by atoms with Crippen molar-refractivity contribution in [2.24, 2.45) is 11.5 Å². The van der Waals surface area contributed by atoms with Crippen molar-refractivity contribution >= 4 is 5.91 Å². The highest BCUT2D eigenvalue weighted by atomic mass is 16.3. The Kier molecular flexibility index (Phi) is 7.84. The van der Waals surface area contributed by atoms with E-state index in [-0.39, 0.29) is 12.1 Å². The summed E-state index contributed by atoms with van der Waals surface area (Å²) in [6, 6.07) is 14.3. The van der Waals surface area contributed by atoms with Gasteiger partial charge in [0.25, 0.3) is 0 Å². The van der Waals surface area contributed by atoms with Gasteiger partial charge in [0.15, 0.2) is 0 Å². The Hall–Kier alpha value is -4.23. The first kappa shape index (κ1) is 25.9. The van der Waals surface area contributed by atoms with Gasteiger partial charge in [0.2, 0.25) is 5.91 Å². The molecule has 0 spiro atoms. The number of benzene rings is 2. The molecule has 0 unspecified atom stereocenters. The molecule has 9 heteroatoms. The van der Waals surface area contributed by atoms with Crippen LogP contribution >= 0.6 is 0 Å². The molecule has 2 aromatic heterocycles. The molecule has 0 bridgehead atoms. The molecular weight excluding hydrogens is 466 g/mol. The van der Waals surface area contributed by atoms with Gasteiger partial charge in [-0.05, 0) is 56.2 Å². The van der Waals surface area contributed by atoms with Crippen LogP contribution in [0, 0.1) is 11.8 Å². The highest BCUT2D eigenvalue weighted by molar-refractivity contribution is 5.82. The van der Waals surface area contributed by atoms with E-state index in [1.54, 1.807) is 19.3 Å². The lowest BCUT2D eigenvalue weighted by Crippen LogP contribution is -2.47. The van der Waals surface area contributed by atoms with Gasteiger partial charge in [-0.3, -0.25) is 4.79 Å². The fourth-order valence-electron chi connectivity index (χ4n) is 3.63. The van der Waals surface area contributed by atoms with Crippen molar-refractivity contribution in [3.63, 3.8) is 0 Å². The number of aliphatic hydroxyl groups excluding tert-OH is 1. The Bertz CT molecular complexity index is 1410. The summed E-state index contributed by atoms with van der Waals surface area (Å²) < 4.78 is 0. The van der Waals surface area contributed by atoms with Gasteiger partial charge >= 0.3 is 0 Å². The minimum Gasteiger partial charge on any atom is -0.391 e. The molecule has 9 nitrogen and oxygen atoms in total. The summed E-state index contributed by atoms with van der Waals surface area (Å²) in [6.07, 6.45) is 2.57. The van der Waals surface area contributed by atoms with Crippen LogP contribution < -0.4 is 16.8 Å². The van der Waals surface area contributed by atoms with Crippen molar-refractivity contribution in [1.82, 2.24) is 25.3 Å². The number of aromatic nitrogens is 4. The standard InChI is InChI=1S/C28H31N7O2/c1-16(29)26-31-14-23(34-26)21-10-6-19(7-11-21)4-5-20-8-12-22(13-9-20)24-15-32-27(35-24)17(2)33-28(37)25(30)18(3)36/h6-18,25,36H,29-30H2,1-3H3,(H,31,34)(H,32,35)(H,33,37)/t16-,17-,18+,25-/m0/s1. The number of carbonyl (C=O) groups is 1. The summed E-state index contributed by atoms with van der Waals surface area (Å²) >= 11 is 0. The largest absolute Gasteiger partial charge is 0.391 e. The summed E-state index contributed by atoms with van der Waals surface area (Å²) in [5.41, 5.74) is 17.1. The molecule has 8 N–H and O–H groups in total. The molecule has 0 aliphatic rings. The molecule has 2 aromatic carbocycles. The number of nitrogens with two attached hydrogens (primary N) is 2. The predicted molar refractivity (Wildman–Crippen MR) is 143 cm³/mol. The van der Waals surface area contributed by atoms with Gasteiger partial charge in [-0.25, -0.2) is 9.97 Å². The van der Waals surface area contributed by atoms with E-state index >= 15 is 0 Å². The van der Waals surface area contributed by atoms with E-state index in [0.29, 0.717) is 5.82 Å². The second kappa shape index (κ2) is 11.2. The predicted octanol–water partition coefficient (Wildman–Crippen LogP) is 2.77. The molecule has 0 fully saturated rings. The average molecular weight is 498 g/mol. The van der Waals surface area contributed by atoms with E-state index < -0.39 is 18.1 Å². The lowest BCUT2D eigenvalue weighted by molar-refractivity contribution is -0.125. The third-order valence-corrected chi connectivity index (χ3v) is 5.96. The van der Waals surface area contributed by atoms with Crippen molar-refractivity contribution < 1.29 is 9.90 Å². The van der Waals surface area contributed by atoms with E-state index in [2.05, 4.69) is 37.1 Å². The van der Waals surface area contributed by atoms with E-state index in [9.17, 15) is 9.90 Å². The number of nitrogens with one attached hydrogen (secondary N) is 3. The molecule has 190 valence electrons. The van der Waals surface area contributed by atoms with Gasteiger partial charge in [-0.15, -0.1) is 0 Å². The SMILES string of the molecule is C[C@H](N)c1ncc(-c2ccc(C#Cc3ccc(-c4cnc([C@H](C)NC(=O)[C@@H](N)[C@@H](C)O)[nH]4)cc3)cc2)[nH]1. The minimum atomic E-state index is -0.992. The molecule has 1 amide bonds. The van der Waals surface area contributed by atoms with Crippen LogP contribution in [-0.4, -0.2) is 43.1 Å². The van der Waals surface area contributed by atoms with Crippen LogP contribution in [-0.2, 0) is 4.79 Å². The van der Waals surface area contributed by atoms with Crippen molar-refractivity contribution in [2.45, 2.75) is 45.0 Å². The summed E-state index contributed by atoms with van der Waals surface area (Å²) in [5, 5.41) is 12.3. The molecule has 0 aliphatic carbocycles. The summed E-state index contributed by atoms with van der Waals surface area (Å²) in [6.45, 7) is 5.17. The van der Waals surface area contributed by atoms with E-state index in [1.807, 2.05) is 55.5 Å². The fourth-order valence-corrected chi connectivity index (χ4v) is 3.63. The number of nitrogens with zero attached hydrogens (tertiary/aromatic N) is 2. The number of H-pyrrole nitrogens is 2. The Morgan fingerprint density at radius 3 is 1.73 bits per heavy atom. The molecule has 0 radical (unpaired) electrons. The lowest BCUT2D eigenvalue weighted by atomic mass is 10.1. The van der Waals surface area contributed by atoms with E-state index in [0.717, 1.165) is 39.5 Å². The van der Waals surface area contributed by atoms with Crippen molar-refractivity contribution in [3.05, 3.63) is 83.7 Å². The van der Waals surface area contributed by atoms with Gasteiger partial charge in [-0.1, -0.05) is 36.1 Å². The zero-order valence-electron chi connectivity index (χ0n) is 21.0. The van der Waals surface area contributed by atoms with Crippen LogP contribution in [0.5, 0.6) is 0 Å². The maximum atomic E-state index is 12.1. The van der Waals surface area contributed by atoms with Crippen LogP contribution in [0.3, 0.4) is 0 Å². The van der Waals surface area contributed by atoms with Crippen LogP contribution in [0.2, 0.25) is 0 Å². The number of imidazole rings is 2. The van der Waals surface area contributed by atoms with Crippen molar-refractivity contribution in [2.75, 3.05) is 0 Å². The van der Waals surface area contributed by atoms with Gasteiger partial charge in [0, 0.05) is 11.1 Å². The molecule has 37 heavy (non-hydrogen) atoms. The number of rotatable bonds is 7. The average Bonchev–Trinajstić information content (AvgIpc) is 3.58. The van der Waals surface area contributed by atoms with Crippen LogP contribution in [0.25, 0.3) is 22.5 Å². The maximum absolute atomic E-state index is 12.1. The highest BCUT2D eigenvalue weighted by Crippen LogP contribution is 2.21. The first-order valence-corrected chi connectivity index (χ1v) is 12.0. The molecule has 0 saturated carbocycles. The van der Waals surface area contributed by atoms with Crippen LogP contribution in [0.4, 0.5) is 0 Å². The van der Waals surface area contributed by atoms with Gasteiger partial charge in [0.1, 0.15) is 17.7 Å². The number of carbonyl (C=O) groups excluding carboxylic acids is 1. The zero-order chi connectivity index (χ0) is 26.5. The quantitative estimate of drug-likeness (QED) is 0.215. The lowest BCUT2D eigenvalue weighted by Gasteiger charge is -2.17. The summed E-state index contributed by atoms with van der Waals surface area (Å²) in [5.74, 6) is 7.30. The molecule has 4 atom stereocenters. The number of hydrogen-bond donors (Lipinski definition) is 6.